The summed E-state index contributed by atoms with van der Waals surface area (Å²) in [4.78, 5) is 33.9. The van der Waals surface area contributed by atoms with Crippen LogP contribution in [0.25, 0.3) is 0 Å². The minimum atomic E-state index is -0.469. The topological polar surface area (TPSA) is 111 Å². The average Bonchev–Trinajstić information content (AvgIpc) is 2.66. The third-order valence-electron chi connectivity index (χ3n) is 4.48. The van der Waals surface area contributed by atoms with E-state index in [1.54, 1.807) is 25.1 Å². The highest BCUT2D eigenvalue weighted by Gasteiger charge is 2.15. The van der Waals surface area contributed by atoms with Gasteiger partial charge < -0.3 is 15.4 Å². The normalized spacial score (nSPS) is 12.7. The fraction of sp³-hybridized carbons (Fsp3) is 0.300. The number of nitro groups is 1. The maximum absolute atomic E-state index is 12.0. The minimum absolute atomic E-state index is 0.0195. The number of hydrogen-bond acceptors (Lipinski definition) is 5. The Morgan fingerprint density at radius 3 is 2.86 bits per heavy atom. The Kier molecular flexibility index (Phi) is 5.88. The van der Waals surface area contributed by atoms with Gasteiger partial charge in [0.25, 0.3) is 5.69 Å². The van der Waals surface area contributed by atoms with Crippen molar-refractivity contribution in [2.45, 2.75) is 32.6 Å². The quantitative estimate of drug-likeness (QED) is 0.431. The van der Waals surface area contributed by atoms with Gasteiger partial charge in [0, 0.05) is 35.8 Å². The SMILES string of the molecule is Cc1ccc(NC(=O)CCCOc2ccc3c(c2)CCC(=O)N3)cc1[N+](=O)[O-]. The van der Waals surface area contributed by atoms with E-state index in [9.17, 15) is 19.7 Å². The molecule has 0 unspecified atom stereocenters. The van der Waals surface area contributed by atoms with Crippen LogP contribution in [0.1, 0.15) is 30.4 Å². The number of amides is 2. The number of ether oxygens (including phenoxy) is 1. The summed E-state index contributed by atoms with van der Waals surface area (Å²) in [5.74, 6) is 0.491. The summed E-state index contributed by atoms with van der Waals surface area (Å²) in [5.41, 5.74) is 2.77. The molecule has 8 nitrogen and oxygen atoms in total. The molecule has 0 radical (unpaired) electrons. The van der Waals surface area contributed by atoms with Crippen molar-refractivity contribution in [2.24, 2.45) is 0 Å². The zero-order valence-corrected chi connectivity index (χ0v) is 15.5. The van der Waals surface area contributed by atoms with Gasteiger partial charge in [-0.1, -0.05) is 6.07 Å². The van der Waals surface area contributed by atoms with E-state index in [4.69, 9.17) is 4.74 Å². The molecule has 0 spiro atoms. The minimum Gasteiger partial charge on any atom is -0.494 e. The molecule has 0 atom stereocenters. The Morgan fingerprint density at radius 2 is 2.07 bits per heavy atom. The molecule has 8 heteroatoms. The monoisotopic (exact) mass is 383 g/mol. The van der Waals surface area contributed by atoms with Crippen LogP contribution in [0.5, 0.6) is 5.75 Å². The van der Waals surface area contributed by atoms with Gasteiger partial charge in [0.1, 0.15) is 5.75 Å². The van der Waals surface area contributed by atoms with Gasteiger partial charge >= 0.3 is 0 Å². The molecular weight excluding hydrogens is 362 g/mol. The van der Waals surface area contributed by atoms with E-state index in [2.05, 4.69) is 10.6 Å². The van der Waals surface area contributed by atoms with Crippen LogP contribution in [-0.2, 0) is 16.0 Å². The predicted molar refractivity (Wildman–Crippen MR) is 105 cm³/mol. The van der Waals surface area contributed by atoms with Crippen LogP contribution in [-0.4, -0.2) is 23.3 Å². The van der Waals surface area contributed by atoms with Crippen molar-refractivity contribution < 1.29 is 19.2 Å². The largest absolute Gasteiger partial charge is 0.494 e. The maximum atomic E-state index is 12.0. The summed E-state index contributed by atoms with van der Waals surface area (Å²) in [6.45, 7) is 2.02. The molecule has 0 fully saturated rings. The van der Waals surface area contributed by atoms with Gasteiger partial charge in [-0.3, -0.25) is 19.7 Å². The van der Waals surface area contributed by atoms with Crippen molar-refractivity contribution >= 4 is 28.9 Å². The van der Waals surface area contributed by atoms with Crippen LogP contribution >= 0.6 is 0 Å². The second kappa shape index (κ2) is 8.51. The highest BCUT2D eigenvalue weighted by Crippen LogP contribution is 2.27. The van der Waals surface area contributed by atoms with E-state index in [0.717, 1.165) is 11.3 Å². The van der Waals surface area contributed by atoms with Crippen LogP contribution < -0.4 is 15.4 Å². The van der Waals surface area contributed by atoms with Crippen LogP contribution in [0.15, 0.2) is 36.4 Å². The third-order valence-corrected chi connectivity index (χ3v) is 4.48. The van der Waals surface area contributed by atoms with Crippen molar-refractivity contribution in [3.05, 3.63) is 57.6 Å². The first kappa shape index (κ1) is 19.3. The number of rotatable bonds is 7. The number of carbonyl (C=O) groups excluding carboxylic acids is 2. The molecule has 2 N–H and O–H groups in total. The molecule has 0 saturated carbocycles. The molecule has 3 rings (SSSR count). The predicted octanol–water partition coefficient (Wildman–Crippen LogP) is 3.59. The van der Waals surface area contributed by atoms with Gasteiger partial charge in [-0.15, -0.1) is 0 Å². The highest BCUT2D eigenvalue weighted by atomic mass is 16.6. The van der Waals surface area contributed by atoms with E-state index in [1.807, 2.05) is 12.1 Å². The number of aryl methyl sites for hydroxylation is 2. The van der Waals surface area contributed by atoms with Gasteiger partial charge in [-0.2, -0.15) is 0 Å². The number of anilines is 2. The first-order valence-electron chi connectivity index (χ1n) is 9.03. The zero-order valence-electron chi connectivity index (χ0n) is 15.5. The molecule has 2 aromatic rings. The van der Waals surface area contributed by atoms with E-state index < -0.39 is 4.92 Å². The first-order chi connectivity index (χ1) is 13.4. The van der Waals surface area contributed by atoms with Crippen LogP contribution in [0.2, 0.25) is 0 Å². The van der Waals surface area contributed by atoms with Crippen molar-refractivity contribution in [1.82, 2.24) is 0 Å². The number of hydrogen-bond donors (Lipinski definition) is 2. The number of nitrogens with zero attached hydrogens (tertiary/aromatic N) is 1. The smallest absolute Gasteiger partial charge is 0.274 e. The molecule has 0 saturated heterocycles. The molecule has 0 bridgehead atoms. The van der Waals surface area contributed by atoms with Crippen molar-refractivity contribution in [2.75, 3.05) is 17.2 Å². The molecule has 28 heavy (non-hydrogen) atoms. The van der Waals surface area contributed by atoms with Crippen LogP contribution in [0, 0.1) is 17.0 Å². The zero-order chi connectivity index (χ0) is 20.1. The third kappa shape index (κ3) is 4.85. The maximum Gasteiger partial charge on any atom is 0.274 e. The van der Waals surface area contributed by atoms with E-state index in [1.165, 1.54) is 6.07 Å². The highest BCUT2D eigenvalue weighted by molar-refractivity contribution is 5.94. The molecule has 2 amide bonds. The Hall–Kier alpha value is -3.42. The molecule has 146 valence electrons. The molecular formula is C20H21N3O5. The summed E-state index contributed by atoms with van der Waals surface area (Å²) in [6.07, 6.45) is 1.90. The molecule has 1 aliphatic rings. The fourth-order valence-corrected chi connectivity index (χ4v) is 2.98. The van der Waals surface area contributed by atoms with Crippen LogP contribution in [0.4, 0.5) is 17.1 Å². The molecule has 1 heterocycles. The van der Waals surface area contributed by atoms with Gasteiger partial charge in [-0.05, 0) is 49.6 Å². The van der Waals surface area contributed by atoms with E-state index in [-0.39, 0.29) is 23.9 Å². The second-order valence-corrected chi connectivity index (χ2v) is 6.63. The fourth-order valence-electron chi connectivity index (χ4n) is 2.98. The molecule has 1 aliphatic heterocycles. The average molecular weight is 383 g/mol. The Morgan fingerprint density at radius 1 is 1.25 bits per heavy atom. The van der Waals surface area contributed by atoms with Gasteiger partial charge in [0.15, 0.2) is 0 Å². The summed E-state index contributed by atoms with van der Waals surface area (Å²) in [7, 11) is 0. The summed E-state index contributed by atoms with van der Waals surface area (Å²) < 4.78 is 5.68. The van der Waals surface area contributed by atoms with E-state index >= 15 is 0 Å². The lowest BCUT2D eigenvalue weighted by Gasteiger charge is -2.17. The molecule has 0 aliphatic carbocycles. The Balaban J connectivity index is 1.45. The lowest BCUT2D eigenvalue weighted by molar-refractivity contribution is -0.385. The Labute approximate surface area is 162 Å². The van der Waals surface area contributed by atoms with Crippen molar-refractivity contribution in [3.8, 4) is 5.75 Å². The van der Waals surface area contributed by atoms with E-state index in [0.29, 0.717) is 42.9 Å². The standard InChI is InChI=1S/C20H21N3O5/c1-13-4-6-15(12-18(13)23(26)27)21-19(24)3-2-10-28-16-7-8-17-14(11-16)5-9-20(25)22-17/h4,6-8,11-12H,2-3,5,9-10H2,1H3,(H,21,24)(H,22,25). The first-order valence-corrected chi connectivity index (χ1v) is 9.03. The lowest BCUT2D eigenvalue weighted by atomic mass is 10.0. The van der Waals surface area contributed by atoms with Gasteiger partial charge in [-0.25, -0.2) is 0 Å². The lowest BCUT2D eigenvalue weighted by Crippen LogP contribution is -2.18. The molecule has 2 aromatic carbocycles. The number of fused-ring (bicyclic) bond motifs is 1. The van der Waals surface area contributed by atoms with Crippen LogP contribution in [0.3, 0.4) is 0 Å². The number of benzene rings is 2. The van der Waals surface area contributed by atoms with Gasteiger partial charge in [0.05, 0.1) is 11.5 Å². The number of nitrogens with one attached hydrogen (secondary N) is 2. The second-order valence-electron chi connectivity index (χ2n) is 6.63. The van der Waals surface area contributed by atoms with Crippen molar-refractivity contribution in [1.29, 1.82) is 0 Å². The summed E-state index contributed by atoms with van der Waals surface area (Å²) in [6, 6.07) is 10.1. The summed E-state index contributed by atoms with van der Waals surface area (Å²) >= 11 is 0. The summed E-state index contributed by atoms with van der Waals surface area (Å²) in [5, 5.41) is 16.5. The van der Waals surface area contributed by atoms with Gasteiger partial charge in [0.2, 0.25) is 11.8 Å². The van der Waals surface area contributed by atoms with Crippen molar-refractivity contribution in [3.63, 3.8) is 0 Å². The molecule has 0 aromatic heterocycles. The number of nitro benzene ring substituents is 1. The number of carbonyl (C=O) groups is 2. The Bertz CT molecular complexity index is 926.